The van der Waals surface area contributed by atoms with Crippen LogP contribution in [0.4, 0.5) is 4.39 Å². The van der Waals surface area contributed by atoms with Gasteiger partial charge in [0.2, 0.25) is 5.91 Å². The maximum Gasteiger partial charge on any atom is 0.241 e. The summed E-state index contributed by atoms with van der Waals surface area (Å²) < 4.78 is 18.5. The maximum absolute atomic E-state index is 13.3. The van der Waals surface area contributed by atoms with Gasteiger partial charge in [0.25, 0.3) is 0 Å². The van der Waals surface area contributed by atoms with Gasteiger partial charge in [-0.1, -0.05) is 24.3 Å². The molecule has 0 fully saturated rings. The lowest BCUT2D eigenvalue weighted by Gasteiger charge is -2.15. The average Bonchev–Trinajstić information content (AvgIpc) is 2.67. The van der Waals surface area contributed by atoms with E-state index in [2.05, 4.69) is 15.6 Å². The van der Waals surface area contributed by atoms with E-state index in [9.17, 15) is 9.18 Å². The van der Waals surface area contributed by atoms with E-state index >= 15 is 0 Å². The minimum absolute atomic E-state index is 0. The zero-order valence-corrected chi connectivity index (χ0v) is 18.6. The molecule has 0 radical (unpaired) electrons. The molecule has 2 N–H and O–H groups in total. The van der Waals surface area contributed by atoms with E-state index in [1.54, 1.807) is 33.3 Å². The van der Waals surface area contributed by atoms with Crippen molar-refractivity contribution < 1.29 is 13.9 Å². The number of hydrogen-bond acceptors (Lipinski definition) is 3. The van der Waals surface area contributed by atoms with Gasteiger partial charge in [-0.2, -0.15) is 0 Å². The van der Waals surface area contributed by atoms with Crippen molar-refractivity contribution in [3.05, 3.63) is 65.5 Å². The highest BCUT2D eigenvalue weighted by Gasteiger charge is 2.06. The fourth-order valence-electron chi connectivity index (χ4n) is 2.23. The Hall–Kier alpha value is -2.36. The molecule has 0 saturated carbocycles. The van der Waals surface area contributed by atoms with Gasteiger partial charge in [-0.25, -0.2) is 9.38 Å². The quantitative estimate of drug-likeness (QED) is 0.349. The Balaban J connectivity index is 0.00000392. The topological polar surface area (TPSA) is 66.0 Å². The summed E-state index contributed by atoms with van der Waals surface area (Å²) >= 11 is 0. The predicted molar refractivity (Wildman–Crippen MR) is 119 cm³/mol. The van der Waals surface area contributed by atoms with Gasteiger partial charge in [0.05, 0.1) is 20.2 Å². The van der Waals surface area contributed by atoms with Gasteiger partial charge < -0.3 is 20.3 Å². The molecule has 2 aromatic carbocycles. The van der Waals surface area contributed by atoms with Gasteiger partial charge in [-0.3, -0.25) is 4.79 Å². The van der Waals surface area contributed by atoms with Crippen LogP contribution in [0.3, 0.4) is 0 Å². The highest BCUT2D eigenvalue weighted by molar-refractivity contribution is 14.0. The van der Waals surface area contributed by atoms with Crippen LogP contribution in [0.1, 0.15) is 11.1 Å². The molecular weight excluding hydrogens is 474 g/mol. The number of amides is 1. The van der Waals surface area contributed by atoms with Crippen molar-refractivity contribution in [2.24, 2.45) is 4.99 Å². The number of nitrogens with zero attached hydrogens (tertiary/aromatic N) is 2. The van der Waals surface area contributed by atoms with Crippen molar-refractivity contribution in [2.45, 2.75) is 13.1 Å². The Labute approximate surface area is 182 Å². The van der Waals surface area contributed by atoms with Crippen LogP contribution in [0.5, 0.6) is 5.75 Å². The number of carbonyl (C=O) groups is 1. The number of ether oxygens (including phenoxy) is 1. The molecule has 2 rings (SSSR count). The molecule has 28 heavy (non-hydrogen) atoms. The van der Waals surface area contributed by atoms with E-state index in [1.807, 2.05) is 24.3 Å². The fourth-order valence-corrected chi connectivity index (χ4v) is 2.23. The van der Waals surface area contributed by atoms with E-state index in [0.717, 1.165) is 16.9 Å². The van der Waals surface area contributed by atoms with Gasteiger partial charge in [-0.15, -0.1) is 24.0 Å². The lowest BCUT2D eigenvalue weighted by molar-refractivity contribution is -0.127. The van der Waals surface area contributed by atoms with E-state index in [4.69, 9.17) is 4.74 Å². The van der Waals surface area contributed by atoms with E-state index in [0.29, 0.717) is 19.0 Å². The van der Waals surface area contributed by atoms with Crippen LogP contribution in [-0.2, 0) is 17.9 Å². The number of carbonyl (C=O) groups excluding carboxylic acids is 1. The minimum Gasteiger partial charge on any atom is -0.497 e. The lowest BCUT2D eigenvalue weighted by Crippen LogP contribution is -2.42. The number of benzene rings is 2. The van der Waals surface area contributed by atoms with Gasteiger partial charge in [-0.05, 0) is 35.4 Å². The Morgan fingerprint density at radius 2 is 1.82 bits per heavy atom. The number of guanidine groups is 1. The van der Waals surface area contributed by atoms with E-state index in [-0.39, 0.29) is 42.2 Å². The third-order valence-corrected chi connectivity index (χ3v) is 3.83. The maximum atomic E-state index is 13.3. The number of aliphatic imine (C=N–C) groups is 1. The summed E-state index contributed by atoms with van der Waals surface area (Å²) in [5.74, 6) is 0.893. The van der Waals surface area contributed by atoms with Crippen LogP contribution in [0.15, 0.2) is 53.5 Å². The number of halogens is 2. The van der Waals surface area contributed by atoms with E-state index in [1.165, 1.54) is 17.0 Å². The molecule has 0 aliphatic rings. The minimum atomic E-state index is -0.300. The van der Waals surface area contributed by atoms with Crippen molar-refractivity contribution in [3.63, 3.8) is 0 Å². The monoisotopic (exact) mass is 500 g/mol. The first-order chi connectivity index (χ1) is 13.0. The number of rotatable bonds is 7. The molecular formula is C20H26FIN4O2. The van der Waals surface area contributed by atoms with Crippen molar-refractivity contribution >= 4 is 35.8 Å². The first-order valence-corrected chi connectivity index (χ1v) is 8.57. The Morgan fingerprint density at radius 1 is 1.11 bits per heavy atom. The number of nitrogens with one attached hydrogen (secondary N) is 2. The highest BCUT2D eigenvalue weighted by Crippen LogP contribution is 2.11. The van der Waals surface area contributed by atoms with Crippen LogP contribution < -0.4 is 15.4 Å². The largest absolute Gasteiger partial charge is 0.497 e. The standard InChI is InChI=1S/C20H25FN4O2.HI/c1-25(2)19(26)14-24-20(23-13-16-5-4-6-17(21)11-16)22-12-15-7-9-18(27-3)10-8-15;/h4-11H,12-14H2,1-3H3,(H2,22,23,24);1H. The van der Waals surface area contributed by atoms with Gasteiger partial charge in [0, 0.05) is 20.6 Å². The summed E-state index contributed by atoms with van der Waals surface area (Å²) in [5, 5.41) is 6.19. The molecule has 0 unspecified atom stereocenters. The van der Waals surface area contributed by atoms with Gasteiger partial charge in [0.1, 0.15) is 11.6 Å². The summed E-state index contributed by atoms with van der Waals surface area (Å²) in [6.45, 7) is 0.936. The predicted octanol–water partition coefficient (Wildman–Crippen LogP) is 2.78. The second-order valence-electron chi connectivity index (χ2n) is 6.14. The van der Waals surface area contributed by atoms with Crippen LogP contribution in [0.2, 0.25) is 0 Å². The van der Waals surface area contributed by atoms with Crippen molar-refractivity contribution in [3.8, 4) is 5.75 Å². The Morgan fingerprint density at radius 3 is 2.43 bits per heavy atom. The number of hydrogen-bond donors (Lipinski definition) is 2. The fraction of sp³-hybridized carbons (Fsp3) is 0.300. The average molecular weight is 500 g/mol. The van der Waals surface area contributed by atoms with Crippen molar-refractivity contribution in [2.75, 3.05) is 27.7 Å². The summed E-state index contributed by atoms with van der Waals surface area (Å²) in [4.78, 5) is 17.8. The van der Waals surface area contributed by atoms with Crippen molar-refractivity contribution in [1.29, 1.82) is 0 Å². The summed E-state index contributed by atoms with van der Waals surface area (Å²) in [6, 6.07) is 13.9. The summed E-state index contributed by atoms with van der Waals surface area (Å²) in [6.07, 6.45) is 0. The van der Waals surface area contributed by atoms with Crippen molar-refractivity contribution in [1.82, 2.24) is 15.5 Å². The molecule has 0 aliphatic heterocycles. The molecule has 0 saturated heterocycles. The first-order valence-electron chi connectivity index (χ1n) is 8.57. The molecule has 0 spiro atoms. The Kier molecular flexibility index (Phi) is 10.3. The van der Waals surface area contributed by atoms with Crippen LogP contribution >= 0.6 is 24.0 Å². The molecule has 0 atom stereocenters. The smallest absolute Gasteiger partial charge is 0.241 e. The highest BCUT2D eigenvalue weighted by atomic mass is 127. The lowest BCUT2D eigenvalue weighted by atomic mass is 10.2. The third kappa shape index (κ3) is 8.12. The normalized spacial score (nSPS) is 10.6. The summed E-state index contributed by atoms with van der Waals surface area (Å²) in [5.41, 5.74) is 1.79. The third-order valence-electron chi connectivity index (χ3n) is 3.83. The molecule has 152 valence electrons. The van der Waals surface area contributed by atoms with Crippen LogP contribution in [-0.4, -0.2) is 44.5 Å². The second kappa shape index (κ2) is 12.2. The zero-order valence-electron chi connectivity index (χ0n) is 16.2. The molecule has 0 heterocycles. The molecule has 8 heteroatoms. The Bertz CT molecular complexity index is 782. The zero-order chi connectivity index (χ0) is 19.6. The SMILES string of the molecule is COc1ccc(CNC(=NCc2cccc(F)c2)NCC(=O)N(C)C)cc1.I. The van der Waals surface area contributed by atoms with Gasteiger partial charge in [0.15, 0.2) is 5.96 Å². The summed E-state index contributed by atoms with van der Waals surface area (Å²) in [7, 11) is 5.01. The second-order valence-corrected chi connectivity index (χ2v) is 6.14. The van der Waals surface area contributed by atoms with E-state index < -0.39 is 0 Å². The molecule has 0 aliphatic carbocycles. The molecule has 0 aromatic heterocycles. The van der Waals surface area contributed by atoms with Gasteiger partial charge >= 0.3 is 0 Å². The number of likely N-dealkylation sites (N-methyl/N-ethyl adjacent to an activating group) is 1. The molecule has 1 amide bonds. The van der Waals surface area contributed by atoms with Crippen LogP contribution in [0.25, 0.3) is 0 Å². The molecule has 2 aromatic rings. The molecule has 6 nitrogen and oxygen atoms in total. The van der Waals surface area contributed by atoms with Crippen LogP contribution in [0, 0.1) is 5.82 Å². The first kappa shape index (κ1) is 23.7. The number of methoxy groups -OCH3 is 1. The molecule has 0 bridgehead atoms.